The largest absolute Gasteiger partial charge is 0.398 e. The summed E-state index contributed by atoms with van der Waals surface area (Å²) in [6.07, 6.45) is 3.00. The maximum Gasteiger partial charge on any atom is 0.0647 e. The van der Waals surface area contributed by atoms with Crippen LogP contribution in [0.2, 0.25) is 5.02 Å². The van der Waals surface area contributed by atoms with E-state index < -0.39 is 10.8 Å². The lowest BCUT2D eigenvalue weighted by molar-refractivity contribution is 0.682. The molecule has 0 bridgehead atoms. The molecule has 1 unspecified atom stereocenters. The fourth-order valence-electron chi connectivity index (χ4n) is 1.10. The van der Waals surface area contributed by atoms with Crippen molar-refractivity contribution in [3.63, 3.8) is 0 Å². The van der Waals surface area contributed by atoms with Crippen LogP contribution in [0.25, 0.3) is 0 Å². The molecule has 0 spiro atoms. The minimum Gasteiger partial charge on any atom is -0.398 e. The summed E-state index contributed by atoms with van der Waals surface area (Å²) in [7, 11) is -0.957. The molecule has 0 aromatic heterocycles. The molecule has 1 atom stereocenters. The Hall–Kier alpha value is -0.190. The van der Waals surface area contributed by atoms with Gasteiger partial charge < -0.3 is 5.73 Å². The summed E-state index contributed by atoms with van der Waals surface area (Å²) in [5.41, 5.74) is 6.11. The second-order valence-electron chi connectivity index (χ2n) is 3.08. The fourth-order valence-corrected chi connectivity index (χ4v) is 3.07. The van der Waals surface area contributed by atoms with Crippen LogP contribution < -0.4 is 5.73 Å². The average molecular weight is 264 g/mol. The smallest absolute Gasteiger partial charge is 0.0647 e. The molecule has 5 heteroatoms. The molecule has 0 saturated carbocycles. The van der Waals surface area contributed by atoms with Crippen LogP contribution in [0.5, 0.6) is 0 Å². The third kappa shape index (κ3) is 4.05. The predicted molar refractivity (Wildman–Crippen MR) is 70.1 cm³/mol. The summed E-state index contributed by atoms with van der Waals surface area (Å²) in [6.45, 7) is 0. The zero-order valence-electron chi connectivity index (χ0n) is 8.53. The van der Waals surface area contributed by atoms with Crippen molar-refractivity contribution >= 4 is 39.8 Å². The van der Waals surface area contributed by atoms with E-state index in [0.717, 1.165) is 17.1 Å². The highest BCUT2D eigenvalue weighted by Gasteiger charge is 2.05. The Morgan fingerprint density at radius 2 is 2.27 bits per heavy atom. The van der Waals surface area contributed by atoms with Crippen molar-refractivity contribution in [2.45, 2.75) is 11.3 Å². The molecule has 1 aromatic carbocycles. The molecule has 84 valence electrons. The van der Waals surface area contributed by atoms with E-state index in [0.29, 0.717) is 16.5 Å². The third-order valence-corrected chi connectivity index (χ3v) is 4.38. The molecule has 1 rings (SSSR count). The first-order valence-corrected chi connectivity index (χ1v) is 7.66. The number of rotatable bonds is 5. The Labute approximate surface area is 102 Å². The van der Waals surface area contributed by atoms with Crippen LogP contribution >= 0.6 is 23.4 Å². The fraction of sp³-hybridized carbons (Fsp3) is 0.400. The van der Waals surface area contributed by atoms with Gasteiger partial charge in [-0.25, -0.2) is 0 Å². The monoisotopic (exact) mass is 263 g/mol. The highest BCUT2D eigenvalue weighted by Crippen LogP contribution is 2.21. The van der Waals surface area contributed by atoms with Gasteiger partial charge in [-0.1, -0.05) is 11.6 Å². The van der Waals surface area contributed by atoms with Crippen LogP contribution in [0.3, 0.4) is 0 Å². The van der Waals surface area contributed by atoms with Gasteiger partial charge in [-0.3, -0.25) is 4.21 Å². The summed E-state index contributed by atoms with van der Waals surface area (Å²) < 4.78 is 11.8. The van der Waals surface area contributed by atoms with Gasteiger partial charge in [0.1, 0.15) is 0 Å². The molecule has 0 aliphatic carbocycles. The third-order valence-electron chi connectivity index (χ3n) is 1.91. The highest BCUT2D eigenvalue weighted by molar-refractivity contribution is 7.98. The van der Waals surface area contributed by atoms with Crippen LogP contribution in [0.15, 0.2) is 23.1 Å². The Bertz CT molecular complexity index is 357. The van der Waals surface area contributed by atoms with Gasteiger partial charge in [-0.05, 0) is 36.6 Å². The molecule has 1 aromatic rings. The Kier molecular flexibility index (Phi) is 5.50. The van der Waals surface area contributed by atoms with Gasteiger partial charge in [0, 0.05) is 10.6 Å². The molecular formula is C10H14ClNOS2. The summed E-state index contributed by atoms with van der Waals surface area (Å²) in [5, 5.41) is 0.478. The number of hydrogen-bond acceptors (Lipinski definition) is 3. The maximum absolute atomic E-state index is 11.8. The number of halogens is 1. The van der Waals surface area contributed by atoms with Crippen LogP contribution in [-0.4, -0.2) is 22.0 Å². The van der Waals surface area contributed by atoms with E-state index in [2.05, 4.69) is 0 Å². The lowest BCUT2D eigenvalue weighted by Gasteiger charge is -2.03. The van der Waals surface area contributed by atoms with Gasteiger partial charge in [0.25, 0.3) is 0 Å². The molecule has 15 heavy (non-hydrogen) atoms. The number of nitrogen functional groups attached to an aromatic ring is 1. The normalized spacial score (nSPS) is 12.7. The lowest BCUT2D eigenvalue weighted by atomic mass is 10.3. The molecule has 0 amide bonds. The number of thioether (sulfide) groups is 1. The summed E-state index contributed by atoms with van der Waals surface area (Å²) in [6, 6.07) is 5.16. The van der Waals surface area contributed by atoms with Crippen LogP contribution in [0.1, 0.15) is 6.42 Å². The van der Waals surface area contributed by atoms with E-state index in [-0.39, 0.29) is 0 Å². The number of anilines is 1. The van der Waals surface area contributed by atoms with Crippen LogP contribution in [0, 0.1) is 0 Å². The number of nitrogens with two attached hydrogens (primary N) is 1. The van der Waals surface area contributed by atoms with E-state index in [9.17, 15) is 4.21 Å². The van der Waals surface area contributed by atoms with Crippen molar-refractivity contribution in [1.82, 2.24) is 0 Å². The first kappa shape index (κ1) is 12.9. The second kappa shape index (κ2) is 6.40. The van der Waals surface area contributed by atoms with Crippen molar-refractivity contribution in [2.75, 3.05) is 23.5 Å². The molecule has 0 fully saturated rings. The number of benzene rings is 1. The van der Waals surface area contributed by atoms with Gasteiger partial charge in [0.2, 0.25) is 0 Å². The van der Waals surface area contributed by atoms with Gasteiger partial charge in [0.05, 0.1) is 21.5 Å². The molecule has 0 heterocycles. The van der Waals surface area contributed by atoms with Gasteiger partial charge in [-0.2, -0.15) is 11.8 Å². The average Bonchev–Trinajstić information content (AvgIpc) is 2.22. The Balaban J connectivity index is 2.62. The molecule has 0 aliphatic rings. The predicted octanol–water partition coefficient (Wildman–Crippen LogP) is 2.78. The lowest BCUT2D eigenvalue weighted by Crippen LogP contribution is -2.00. The first-order chi connectivity index (χ1) is 7.15. The standard InChI is InChI=1S/C10H14ClNOS2/c1-14-5-2-6-15(13)8-3-4-10(12)9(11)7-8/h3-4,7H,2,5-6,12H2,1H3. The zero-order valence-corrected chi connectivity index (χ0v) is 10.9. The quantitative estimate of drug-likeness (QED) is 0.656. The molecule has 2 nitrogen and oxygen atoms in total. The van der Waals surface area contributed by atoms with Crippen molar-refractivity contribution in [3.05, 3.63) is 23.2 Å². The van der Waals surface area contributed by atoms with E-state index in [1.807, 2.05) is 6.26 Å². The second-order valence-corrected chi connectivity index (χ2v) is 6.04. The molecule has 2 N–H and O–H groups in total. The first-order valence-electron chi connectivity index (χ1n) is 4.57. The SMILES string of the molecule is CSCCCS(=O)c1ccc(N)c(Cl)c1. The summed E-state index contributed by atoms with van der Waals surface area (Å²) in [4.78, 5) is 0.760. The minimum atomic E-state index is -0.957. The van der Waals surface area contributed by atoms with Crippen molar-refractivity contribution in [2.24, 2.45) is 0 Å². The molecule has 0 aliphatic heterocycles. The van der Waals surface area contributed by atoms with Crippen LogP contribution in [-0.2, 0) is 10.8 Å². The van der Waals surface area contributed by atoms with Crippen LogP contribution in [0.4, 0.5) is 5.69 Å². The summed E-state index contributed by atoms with van der Waals surface area (Å²) >= 11 is 7.62. The topological polar surface area (TPSA) is 43.1 Å². The van der Waals surface area contributed by atoms with E-state index >= 15 is 0 Å². The van der Waals surface area contributed by atoms with Crippen molar-refractivity contribution in [3.8, 4) is 0 Å². The minimum absolute atomic E-state index is 0.478. The van der Waals surface area contributed by atoms with Gasteiger partial charge >= 0.3 is 0 Å². The summed E-state index contributed by atoms with van der Waals surface area (Å²) in [5.74, 6) is 1.72. The molecule has 0 saturated heterocycles. The number of hydrogen-bond donors (Lipinski definition) is 1. The van der Waals surface area contributed by atoms with E-state index in [1.165, 1.54) is 0 Å². The van der Waals surface area contributed by atoms with E-state index in [1.54, 1.807) is 30.0 Å². The maximum atomic E-state index is 11.8. The van der Waals surface area contributed by atoms with Gasteiger partial charge in [0.15, 0.2) is 0 Å². The Morgan fingerprint density at radius 3 is 2.87 bits per heavy atom. The molecule has 0 radical (unpaired) electrons. The van der Waals surface area contributed by atoms with Gasteiger partial charge in [-0.15, -0.1) is 0 Å². The zero-order chi connectivity index (χ0) is 11.3. The Morgan fingerprint density at radius 1 is 1.53 bits per heavy atom. The van der Waals surface area contributed by atoms with Crippen molar-refractivity contribution in [1.29, 1.82) is 0 Å². The van der Waals surface area contributed by atoms with Crippen molar-refractivity contribution < 1.29 is 4.21 Å². The molecular weight excluding hydrogens is 250 g/mol. The van der Waals surface area contributed by atoms with E-state index in [4.69, 9.17) is 17.3 Å². The highest BCUT2D eigenvalue weighted by atomic mass is 35.5.